The van der Waals surface area contributed by atoms with Crippen molar-refractivity contribution in [2.75, 3.05) is 26.4 Å². The number of nitrogens with zero attached hydrogens (tertiary/aromatic N) is 1. The van der Waals surface area contributed by atoms with Crippen molar-refractivity contribution < 1.29 is 28.8 Å². The predicted molar refractivity (Wildman–Crippen MR) is 162 cm³/mol. The lowest BCUT2D eigenvalue weighted by Gasteiger charge is -2.22. The van der Waals surface area contributed by atoms with Crippen LogP contribution in [0.5, 0.6) is 17.5 Å². The lowest BCUT2D eigenvalue weighted by molar-refractivity contribution is 0.0344. The smallest absolute Gasteiger partial charge is 0.493 e. The highest BCUT2D eigenvalue weighted by atomic mass is 16.7. The van der Waals surface area contributed by atoms with Crippen molar-refractivity contribution in [3.05, 3.63) is 84.1 Å². The van der Waals surface area contributed by atoms with Gasteiger partial charge in [0.2, 0.25) is 11.8 Å². The van der Waals surface area contributed by atoms with Crippen LogP contribution in [0.4, 0.5) is 4.79 Å². The Labute approximate surface area is 244 Å². The van der Waals surface area contributed by atoms with E-state index in [1.165, 1.54) is 0 Å². The van der Waals surface area contributed by atoms with Crippen molar-refractivity contribution in [2.45, 2.75) is 32.6 Å². The van der Waals surface area contributed by atoms with E-state index >= 15 is 0 Å². The van der Waals surface area contributed by atoms with Crippen LogP contribution in [0, 0.1) is 12.8 Å². The van der Waals surface area contributed by atoms with E-state index in [1.54, 1.807) is 0 Å². The average Bonchev–Trinajstić information content (AvgIpc) is 3.35. The van der Waals surface area contributed by atoms with Gasteiger partial charge < -0.3 is 29.0 Å². The highest BCUT2D eigenvalue weighted by Gasteiger charge is 2.20. The molecule has 0 aliphatic carbocycles. The van der Waals surface area contributed by atoms with E-state index in [2.05, 4.69) is 22.1 Å². The first-order valence-corrected chi connectivity index (χ1v) is 14.4. The topological polar surface area (TPSA) is 103 Å². The molecule has 5 aromatic rings. The van der Waals surface area contributed by atoms with Crippen molar-refractivity contribution in [1.82, 2.24) is 9.97 Å². The molecule has 3 heterocycles. The summed E-state index contributed by atoms with van der Waals surface area (Å²) in [4.78, 5) is 19.3. The fourth-order valence-corrected chi connectivity index (χ4v) is 5.67. The number of fused-ring (bicyclic) bond motifs is 2. The number of carbonyl (C=O) groups is 1. The van der Waals surface area contributed by atoms with Crippen LogP contribution in [0.3, 0.4) is 0 Å². The molecule has 0 bridgehead atoms. The summed E-state index contributed by atoms with van der Waals surface area (Å²) in [6, 6.07) is 22.1. The number of H-pyrrole nitrogens is 1. The molecule has 3 aromatic carbocycles. The first-order chi connectivity index (χ1) is 20.6. The number of hydrogen-bond donors (Lipinski definition) is 2. The number of rotatable bonds is 10. The van der Waals surface area contributed by atoms with Gasteiger partial charge >= 0.3 is 6.16 Å². The second kappa shape index (κ2) is 12.5. The van der Waals surface area contributed by atoms with Crippen LogP contribution in [0.15, 0.2) is 72.9 Å². The zero-order chi connectivity index (χ0) is 28.9. The number of carboxylic acid groups (broad SMARTS) is 1. The Morgan fingerprint density at radius 2 is 1.88 bits per heavy atom. The number of para-hydroxylation sites is 1. The molecule has 2 aromatic heterocycles. The van der Waals surface area contributed by atoms with E-state index in [-0.39, 0.29) is 5.88 Å². The van der Waals surface area contributed by atoms with Crippen LogP contribution in [0.2, 0.25) is 0 Å². The molecule has 1 aliphatic heterocycles. The molecule has 1 unspecified atom stereocenters. The fourth-order valence-electron chi connectivity index (χ4n) is 5.67. The number of aromatic amines is 1. The lowest BCUT2D eigenvalue weighted by Crippen LogP contribution is -2.23. The van der Waals surface area contributed by atoms with Gasteiger partial charge in [-0.3, -0.25) is 0 Å². The largest absolute Gasteiger partial charge is 0.512 e. The van der Waals surface area contributed by atoms with Crippen molar-refractivity contribution in [2.24, 2.45) is 5.92 Å². The van der Waals surface area contributed by atoms with Gasteiger partial charge in [-0.25, -0.2) is 9.78 Å². The van der Waals surface area contributed by atoms with Gasteiger partial charge in [0.05, 0.1) is 25.3 Å². The minimum atomic E-state index is -1.36. The van der Waals surface area contributed by atoms with Gasteiger partial charge in [-0.15, -0.1) is 0 Å². The third-order valence-electron chi connectivity index (χ3n) is 7.76. The van der Waals surface area contributed by atoms with Crippen LogP contribution in [-0.2, 0) is 11.2 Å². The summed E-state index contributed by atoms with van der Waals surface area (Å²) >= 11 is 0. The number of pyridine rings is 1. The molecule has 0 amide bonds. The number of nitrogens with one attached hydrogen (secondary N) is 1. The van der Waals surface area contributed by atoms with Crippen LogP contribution in [0.25, 0.3) is 32.8 Å². The molecule has 1 saturated heterocycles. The zero-order valence-corrected chi connectivity index (χ0v) is 23.6. The van der Waals surface area contributed by atoms with Gasteiger partial charge in [-0.2, -0.15) is 0 Å². The maximum atomic E-state index is 11.6. The second-order valence-corrected chi connectivity index (χ2v) is 10.7. The molecule has 0 saturated carbocycles. The molecule has 216 valence electrons. The Hall–Kier alpha value is -4.56. The van der Waals surface area contributed by atoms with Crippen molar-refractivity contribution in [1.29, 1.82) is 0 Å². The summed E-state index contributed by atoms with van der Waals surface area (Å²) in [7, 11) is 0. The molecular formula is C34H34N2O6. The van der Waals surface area contributed by atoms with Crippen LogP contribution < -0.4 is 14.2 Å². The Kier molecular flexibility index (Phi) is 8.23. The Morgan fingerprint density at radius 3 is 2.74 bits per heavy atom. The highest BCUT2D eigenvalue weighted by molar-refractivity contribution is 5.98. The minimum absolute atomic E-state index is 0.232. The molecule has 1 aliphatic rings. The van der Waals surface area contributed by atoms with E-state index in [0.29, 0.717) is 44.5 Å². The number of ether oxygens (including phenoxy) is 4. The van der Waals surface area contributed by atoms with Gasteiger partial charge in [0.25, 0.3) is 0 Å². The number of hydrogen-bond acceptors (Lipinski definition) is 6. The quantitative estimate of drug-likeness (QED) is 0.133. The van der Waals surface area contributed by atoms with Crippen LogP contribution in [0.1, 0.15) is 30.4 Å². The normalized spacial score (nSPS) is 15.1. The molecule has 2 N–H and O–H groups in total. The minimum Gasteiger partial charge on any atom is -0.493 e. The maximum Gasteiger partial charge on any atom is 0.512 e. The van der Waals surface area contributed by atoms with Crippen molar-refractivity contribution in [3.8, 4) is 28.6 Å². The first-order valence-electron chi connectivity index (χ1n) is 14.4. The summed E-state index contributed by atoms with van der Waals surface area (Å²) < 4.78 is 23.0. The van der Waals surface area contributed by atoms with Gasteiger partial charge in [0.1, 0.15) is 5.75 Å². The fraction of sp³-hybridized carbons (Fsp3) is 0.294. The first kappa shape index (κ1) is 27.6. The molecule has 8 heteroatoms. The van der Waals surface area contributed by atoms with Gasteiger partial charge in [-0.1, -0.05) is 54.6 Å². The molecule has 1 atom stereocenters. The van der Waals surface area contributed by atoms with Crippen LogP contribution in [-0.4, -0.2) is 47.7 Å². The molecule has 0 radical (unpaired) electrons. The molecular weight excluding hydrogens is 532 g/mol. The van der Waals surface area contributed by atoms with Gasteiger partial charge in [0, 0.05) is 46.7 Å². The van der Waals surface area contributed by atoms with Crippen molar-refractivity contribution in [3.63, 3.8) is 0 Å². The van der Waals surface area contributed by atoms with Gasteiger partial charge in [0.15, 0.2) is 0 Å². The van der Waals surface area contributed by atoms with Gasteiger partial charge in [-0.05, 0) is 55.2 Å². The van der Waals surface area contributed by atoms with E-state index in [1.807, 2.05) is 67.7 Å². The number of aryl methyl sites for hydroxylation is 2. The maximum absolute atomic E-state index is 11.6. The average molecular weight is 567 g/mol. The summed E-state index contributed by atoms with van der Waals surface area (Å²) in [5, 5.41) is 12.6. The third-order valence-corrected chi connectivity index (χ3v) is 7.76. The Morgan fingerprint density at radius 1 is 1.05 bits per heavy atom. The molecule has 0 spiro atoms. The zero-order valence-electron chi connectivity index (χ0n) is 23.6. The second-order valence-electron chi connectivity index (χ2n) is 10.7. The van der Waals surface area contributed by atoms with E-state index in [0.717, 1.165) is 69.1 Å². The number of benzene rings is 3. The third kappa shape index (κ3) is 6.04. The standard InChI is InChI=1S/C34H34N2O6/c1-22-19-35-31(41-21-23-8-6-16-39-20-23)18-29(22)27-13-5-12-26-28(33(36-32(26)27)42-34(37)38)14-7-17-40-30-15-4-10-24-9-2-3-11-25(24)30/h2-5,9-13,15,18-19,23,36H,6-8,14,16-17,20-21H2,1H3,(H,37,38). The SMILES string of the molecule is Cc1cnc(OCC2CCCOC2)cc1-c1cccc2c(CCCOc3cccc4ccccc34)c(OC(=O)O)[nH]c12. The van der Waals surface area contributed by atoms with E-state index < -0.39 is 6.16 Å². The summed E-state index contributed by atoms with van der Waals surface area (Å²) in [6.45, 7) is 4.56. The summed E-state index contributed by atoms with van der Waals surface area (Å²) in [6.07, 6.45) is 3.83. The predicted octanol–water partition coefficient (Wildman–Crippen LogP) is 7.57. The van der Waals surface area contributed by atoms with Crippen molar-refractivity contribution >= 4 is 27.8 Å². The Bertz CT molecular complexity index is 1700. The lowest BCUT2D eigenvalue weighted by atomic mass is 9.98. The Balaban J connectivity index is 1.24. The monoisotopic (exact) mass is 566 g/mol. The summed E-state index contributed by atoms with van der Waals surface area (Å²) in [5.74, 6) is 1.98. The number of aromatic nitrogens is 2. The van der Waals surface area contributed by atoms with E-state index in [9.17, 15) is 9.90 Å². The van der Waals surface area contributed by atoms with E-state index in [4.69, 9.17) is 18.9 Å². The molecule has 1 fully saturated rings. The molecule has 8 nitrogen and oxygen atoms in total. The highest BCUT2D eigenvalue weighted by Crippen LogP contribution is 2.38. The summed E-state index contributed by atoms with van der Waals surface area (Å²) in [5.41, 5.74) is 4.47. The molecule has 42 heavy (non-hydrogen) atoms. The van der Waals surface area contributed by atoms with Crippen LogP contribution >= 0.6 is 0 Å². The molecule has 6 rings (SSSR count).